The number of benzene rings is 3. The molecule has 0 aromatic heterocycles. The number of ketones is 1. The average molecular weight is 641 g/mol. The second-order valence-electron chi connectivity index (χ2n) is 14.2. The van der Waals surface area contributed by atoms with Crippen LogP contribution < -0.4 is 5.32 Å². The van der Waals surface area contributed by atoms with Crippen LogP contribution in [0.15, 0.2) is 91.0 Å². The van der Waals surface area contributed by atoms with E-state index in [2.05, 4.69) is 45.3 Å². The van der Waals surface area contributed by atoms with Crippen LogP contribution in [0.5, 0.6) is 0 Å². The predicted molar refractivity (Wildman–Crippen MR) is 188 cm³/mol. The van der Waals surface area contributed by atoms with Gasteiger partial charge in [0.25, 0.3) is 0 Å². The molecule has 3 aromatic carbocycles. The summed E-state index contributed by atoms with van der Waals surface area (Å²) in [5.74, 6) is -0.639. The fourth-order valence-electron chi connectivity index (χ4n) is 5.23. The van der Waals surface area contributed by atoms with E-state index in [1.54, 1.807) is 0 Å². The Kier molecular flexibility index (Phi) is 13.8. The molecule has 0 aliphatic heterocycles. The molecule has 0 fully saturated rings. The van der Waals surface area contributed by atoms with Crippen molar-refractivity contribution in [3.05, 3.63) is 108 Å². The van der Waals surface area contributed by atoms with Crippen LogP contribution in [-0.2, 0) is 33.4 Å². The molecule has 3 rings (SSSR count). The van der Waals surface area contributed by atoms with E-state index in [9.17, 15) is 14.9 Å². The predicted octanol–water partition coefficient (Wildman–Crippen LogP) is 8.92. The minimum absolute atomic E-state index is 0.0537. The molecule has 46 heavy (non-hydrogen) atoms. The number of carbonyl (C=O) groups is 2. The quantitative estimate of drug-likeness (QED) is 0.158. The van der Waals surface area contributed by atoms with Crippen molar-refractivity contribution in [2.75, 3.05) is 0 Å². The van der Waals surface area contributed by atoms with Crippen LogP contribution in [0.2, 0.25) is 18.1 Å². The number of hydrogen-bond donors (Lipinski definition) is 1. The van der Waals surface area contributed by atoms with E-state index in [1.165, 1.54) is 0 Å². The molecule has 6 nitrogen and oxygen atoms in total. The van der Waals surface area contributed by atoms with Crippen LogP contribution in [0.3, 0.4) is 0 Å². The summed E-state index contributed by atoms with van der Waals surface area (Å²) < 4.78 is 12.8. The van der Waals surface area contributed by atoms with Crippen molar-refractivity contribution < 1.29 is 18.8 Å². The summed E-state index contributed by atoms with van der Waals surface area (Å²) in [6.07, 6.45) is 0.650. The average Bonchev–Trinajstić information content (AvgIpc) is 3.02. The number of hydrogen-bond acceptors (Lipinski definition) is 5. The molecule has 0 aliphatic carbocycles. The second-order valence-corrected chi connectivity index (χ2v) is 18.9. The molecule has 0 unspecified atom stereocenters. The molecular formula is C39H52N2O4Si. The van der Waals surface area contributed by atoms with Gasteiger partial charge < -0.3 is 14.5 Å². The lowest BCUT2D eigenvalue weighted by Gasteiger charge is -2.42. The molecule has 0 bridgehead atoms. The van der Waals surface area contributed by atoms with E-state index in [-0.39, 0.29) is 35.7 Å². The molecule has 0 heterocycles. The van der Waals surface area contributed by atoms with Crippen molar-refractivity contribution in [2.45, 2.75) is 97.2 Å². The molecule has 1 amide bonds. The third kappa shape index (κ3) is 11.6. The Hall–Kier alpha value is -3.73. The maximum Gasteiger partial charge on any atom is 0.407 e. The van der Waals surface area contributed by atoms with E-state index >= 15 is 0 Å². The summed E-state index contributed by atoms with van der Waals surface area (Å²) in [7, 11) is -2.38. The van der Waals surface area contributed by atoms with Crippen molar-refractivity contribution >= 4 is 20.2 Å². The van der Waals surface area contributed by atoms with Crippen LogP contribution in [0.25, 0.3) is 0 Å². The largest absolute Gasteiger partial charge is 0.445 e. The lowest BCUT2D eigenvalue weighted by molar-refractivity contribution is -0.124. The number of nitrogens with one attached hydrogen (secondary N) is 1. The normalized spacial score (nSPS) is 14.5. The van der Waals surface area contributed by atoms with E-state index in [4.69, 9.17) is 9.16 Å². The smallest absolute Gasteiger partial charge is 0.407 e. The SMILES string of the molecule is CC(C)[C@@H](C#N)CC(=O)[C@@H](Cc1ccccc1)C[C@H](O[Si](C)(C)C(C)(C)C)[C@H](Cc1ccccc1)NC(=O)OCc1ccccc1. The van der Waals surface area contributed by atoms with E-state index in [0.29, 0.717) is 19.3 Å². The second kappa shape index (κ2) is 17.3. The topological polar surface area (TPSA) is 88.4 Å². The molecule has 0 saturated heterocycles. The minimum Gasteiger partial charge on any atom is -0.445 e. The van der Waals surface area contributed by atoms with Gasteiger partial charge in [0.2, 0.25) is 0 Å². The van der Waals surface area contributed by atoms with Crippen molar-refractivity contribution in [2.24, 2.45) is 17.8 Å². The first kappa shape index (κ1) is 36.7. The number of nitrogens with zero attached hydrogens (tertiary/aromatic N) is 1. The van der Waals surface area contributed by atoms with Crippen LogP contribution in [0.1, 0.15) is 64.2 Å². The van der Waals surface area contributed by atoms with Gasteiger partial charge in [0.1, 0.15) is 12.4 Å². The fourth-order valence-corrected chi connectivity index (χ4v) is 6.60. The van der Waals surface area contributed by atoms with Crippen molar-refractivity contribution in [3.63, 3.8) is 0 Å². The Morgan fingerprint density at radius 2 is 1.33 bits per heavy atom. The summed E-state index contributed by atoms with van der Waals surface area (Å²) in [5.41, 5.74) is 3.01. The molecule has 1 N–H and O–H groups in total. The number of alkyl carbamates (subject to hydrolysis) is 1. The highest BCUT2D eigenvalue weighted by atomic mass is 28.4. The van der Waals surface area contributed by atoms with Crippen molar-refractivity contribution in [1.29, 1.82) is 5.26 Å². The zero-order valence-corrected chi connectivity index (χ0v) is 29.7. The molecule has 7 heteroatoms. The minimum atomic E-state index is -2.38. The van der Waals surface area contributed by atoms with E-state index in [0.717, 1.165) is 16.7 Å². The first-order chi connectivity index (χ1) is 21.8. The number of nitriles is 1. The number of rotatable bonds is 16. The van der Waals surface area contributed by atoms with Gasteiger partial charge in [0, 0.05) is 12.3 Å². The number of ether oxygens (including phenoxy) is 1. The Balaban J connectivity index is 2.01. The van der Waals surface area contributed by atoms with Gasteiger partial charge in [-0.25, -0.2) is 4.79 Å². The van der Waals surface area contributed by atoms with Crippen LogP contribution in [0.4, 0.5) is 4.79 Å². The van der Waals surface area contributed by atoms with Gasteiger partial charge in [-0.15, -0.1) is 0 Å². The van der Waals surface area contributed by atoms with E-state index in [1.807, 2.05) is 105 Å². The van der Waals surface area contributed by atoms with Gasteiger partial charge >= 0.3 is 6.09 Å². The highest BCUT2D eigenvalue weighted by molar-refractivity contribution is 6.74. The Morgan fingerprint density at radius 1 is 0.826 bits per heavy atom. The molecular weight excluding hydrogens is 589 g/mol. The van der Waals surface area contributed by atoms with Crippen LogP contribution in [0, 0.1) is 29.1 Å². The standard InChI is InChI=1S/C39H52N2O4Si/c1-29(2)34(27-40)25-36(42)33(23-30-17-11-8-12-18-30)26-37(45-46(6,7)39(3,4)5)35(24-31-19-13-9-14-20-31)41-38(43)44-28-32-21-15-10-16-22-32/h8-22,29,33-35,37H,23-26,28H2,1-7H3,(H,41,43)/t33-,34+,35-,37-/m0/s1. The number of amides is 1. The lowest BCUT2D eigenvalue weighted by Crippen LogP contribution is -2.53. The summed E-state index contributed by atoms with van der Waals surface area (Å²) in [6, 6.07) is 31.5. The molecule has 0 aliphatic rings. The van der Waals surface area contributed by atoms with Gasteiger partial charge in [0.05, 0.1) is 24.1 Å². The van der Waals surface area contributed by atoms with E-state index < -0.39 is 32.5 Å². The molecule has 3 aromatic rings. The van der Waals surface area contributed by atoms with Gasteiger partial charge in [-0.2, -0.15) is 5.26 Å². The summed E-state index contributed by atoms with van der Waals surface area (Å²) >= 11 is 0. The third-order valence-electron chi connectivity index (χ3n) is 9.20. The third-order valence-corrected chi connectivity index (χ3v) is 13.7. The zero-order valence-electron chi connectivity index (χ0n) is 28.7. The Labute approximate surface area is 277 Å². The first-order valence-electron chi connectivity index (χ1n) is 16.4. The van der Waals surface area contributed by atoms with Gasteiger partial charge in [-0.1, -0.05) is 126 Å². The van der Waals surface area contributed by atoms with Gasteiger partial charge in [-0.05, 0) is 60.0 Å². The van der Waals surface area contributed by atoms with Crippen molar-refractivity contribution in [3.8, 4) is 6.07 Å². The number of carbonyl (C=O) groups excluding carboxylic acids is 2. The van der Waals surface area contributed by atoms with Crippen LogP contribution in [-0.4, -0.2) is 32.3 Å². The molecule has 4 atom stereocenters. The summed E-state index contributed by atoms with van der Waals surface area (Å²) in [4.78, 5) is 27.4. The van der Waals surface area contributed by atoms with Gasteiger partial charge in [-0.3, -0.25) is 4.79 Å². The Morgan fingerprint density at radius 3 is 1.80 bits per heavy atom. The number of Topliss-reactive ketones (excluding diaryl/α,β-unsaturated/α-hetero) is 1. The highest BCUT2D eigenvalue weighted by Gasteiger charge is 2.42. The lowest BCUT2D eigenvalue weighted by atomic mass is 9.82. The summed E-state index contributed by atoms with van der Waals surface area (Å²) in [5, 5.41) is 12.9. The maximum absolute atomic E-state index is 14.1. The molecule has 246 valence electrons. The fraction of sp³-hybridized carbons (Fsp3) is 0.462. The Bertz CT molecular complexity index is 1400. The summed E-state index contributed by atoms with van der Waals surface area (Å²) in [6.45, 7) is 15.1. The maximum atomic E-state index is 14.1. The van der Waals surface area contributed by atoms with Crippen LogP contribution >= 0.6 is 0 Å². The molecule has 0 spiro atoms. The molecule has 0 saturated carbocycles. The van der Waals surface area contributed by atoms with Gasteiger partial charge in [0.15, 0.2) is 8.32 Å². The van der Waals surface area contributed by atoms with Crippen molar-refractivity contribution in [1.82, 2.24) is 5.32 Å². The zero-order chi connectivity index (χ0) is 33.7. The molecule has 0 radical (unpaired) electrons. The highest BCUT2D eigenvalue weighted by Crippen LogP contribution is 2.39. The first-order valence-corrected chi connectivity index (χ1v) is 19.3. The monoisotopic (exact) mass is 640 g/mol.